The molecule has 1 aliphatic rings. The number of nitrogens with one attached hydrogen (secondary N) is 1. The van der Waals surface area contributed by atoms with E-state index in [1.165, 1.54) is 12.8 Å². The Morgan fingerprint density at radius 1 is 1.44 bits per heavy atom. The number of anilines is 2. The van der Waals surface area contributed by atoms with Gasteiger partial charge in [0, 0.05) is 31.7 Å². The van der Waals surface area contributed by atoms with Crippen LogP contribution in [0.15, 0.2) is 12.4 Å². The number of rotatable bonds is 4. The number of aromatic nitrogens is 2. The zero-order valence-corrected chi connectivity index (χ0v) is 11.3. The lowest BCUT2D eigenvalue weighted by molar-refractivity contribution is 0.436. The molecule has 100 valence electrons. The van der Waals surface area contributed by atoms with Crippen LogP contribution in [0, 0.1) is 5.92 Å². The lowest BCUT2D eigenvalue weighted by Gasteiger charge is -2.31. The summed E-state index contributed by atoms with van der Waals surface area (Å²) >= 11 is 0. The fraction of sp³-hybridized carbons (Fsp3) is 0.692. The average Bonchev–Trinajstić information content (AvgIpc) is 2.37. The van der Waals surface area contributed by atoms with Gasteiger partial charge in [-0.05, 0) is 25.7 Å². The van der Waals surface area contributed by atoms with E-state index in [1.807, 2.05) is 13.0 Å². The zero-order chi connectivity index (χ0) is 13.0. The molecule has 2 rings (SSSR count). The Morgan fingerprint density at radius 3 is 2.83 bits per heavy atom. The first-order valence-corrected chi connectivity index (χ1v) is 6.71. The summed E-state index contributed by atoms with van der Waals surface area (Å²) < 4.78 is 0. The molecule has 0 aromatic carbocycles. The van der Waals surface area contributed by atoms with Gasteiger partial charge in [-0.2, -0.15) is 0 Å². The summed E-state index contributed by atoms with van der Waals surface area (Å²) in [6.07, 6.45) is 4.11. The zero-order valence-electron chi connectivity index (χ0n) is 11.3. The second kappa shape index (κ2) is 6.00. The second-order valence-electron chi connectivity index (χ2n) is 5.29. The maximum absolute atomic E-state index is 5.72. The Bertz CT molecular complexity index is 371. The van der Waals surface area contributed by atoms with Crippen molar-refractivity contribution in [2.45, 2.75) is 32.7 Å². The van der Waals surface area contributed by atoms with Crippen LogP contribution >= 0.6 is 0 Å². The van der Waals surface area contributed by atoms with E-state index >= 15 is 0 Å². The van der Waals surface area contributed by atoms with Gasteiger partial charge in [-0.3, -0.25) is 0 Å². The van der Waals surface area contributed by atoms with Crippen LogP contribution in [-0.4, -0.2) is 35.6 Å². The number of hydrogen-bond donors (Lipinski definition) is 2. The molecule has 5 nitrogen and oxygen atoms in total. The van der Waals surface area contributed by atoms with Gasteiger partial charge in [0.2, 0.25) is 0 Å². The van der Waals surface area contributed by atoms with E-state index in [1.54, 1.807) is 6.33 Å². The van der Waals surface area contributed by atoms with Crippen molar-refractivity contribution < 1.29 is 0 Å². The Balaban J connectivity index is 1.98. The molecule has 0 amide bonds. The predicted octanol–water partition coefficient (Wildman–Crippen LogP) is 1.47. The molecule has 1 aromatic heterocycles. The molecule has 1 aromatic rings. The molecule has 3 N–H and O–H groups in total. The minimum absolute atomic E-state index is 0.124. The molecule has 18 heavy (non-hydrogen) atoms. The fourth-order valence-electron chi connectivity index (χ4n) is 2.12. The van der Waals surface area contributed by atoms with Crippen molar-refractivity contribution in [1.29, 1.82) is 0 Å². The first kappa shape index (κ1) is 13.1. The summed E-state index contributed by atoms with van der Waals surface area (Å²) in [6.45, 7) is 7.19. The van der Waals surface area contributed by atoms with Gasteiger partial charge in [0.15, 0.2) is 0 Å². The summed E-state index contributed by atoms with van der Waals surface area (Å²) in [4.78, 5) is 10.9. The summed E-state index contributed by atoms with van der Waals surface area (Å²) in [5.74, 6) is 2.71. The Morgan fingerprint density at radius 2 is 2.17 bits per heavy atom. The molecule has 2 heterocycles. The molecular formula is C13H23N5. The molecule has 0 saturated carbocycles. The second-order valence-corrected chi connectivity index (χ2v) is 5.29. The molecule has 5 heteroatoms. The third-order valence-corrected chi connectivity index (χ3v) is 3.37. The number of nitrogens with two attached hydrogens (primary N) is 1. The molecule has 1 fully saturated rings. The monoisotopic (exact) mass is 249 g/mol. The number of hydrogen-bond acceptors (Lipinski definition) is 5. The van der Waals surface area contributed by atoms with Crippen LogP contribution in [0.4, 0.5) is 11.6 Å². The van der Waals surface area contributed by atoms with Crippen LogP contribution in [0.5, 0.6) is 0 Å². The molecule has 0 bridgehead atoms. The summed E-state index contributed by atoms with van der Waals surface area (Å²) in [5, 5.41) is 3.23. The summed E-state index contributed by atoms with van der Waals surface area (Å²) in [5.41, 5.74) is 5.72. The Labute approximate surface area is 109 Å². The highest BCUT2D eigenvalue weighted by molar-refractivity contribution is 5.48. The molecule has 1 unspecified atom stereocenters. The van der Waals surface area contributed by atoms with Crippen LogP contribution in [-0.2, 0) is 0 Å². The van der Waals surface area contributed by atoms with Crippen molar-refractivity contribution in [3.8, 4) is 0 Å². The van der Waals surface area contributed by atoms with Crippen LogP contribution in [0.3, 0.4) is 0 Å². The van der Waals surface area contributed by atoms with Crippen molar-refractivity contribution in [3.05, 3.63) is 12.4 Å². The fourth-order valence-corrected chi connectivity index (χ4v) is 2.12. The van der Waals surface area contributed by atoms with Gasteiger partial charge in [-0.25, -0.2) is 9.97 Å². The van der Waals surface area contributed by atoms with Gasteiger partial charge >= 0.3 is 0 Å². The van der Waals surface area contributed by atoms with Crippen molar-refractivity contribution in [3.63, 3.8) is 0 Å². The first-order chi connectivity index (χ1) is 8.65. The van der Waals surface area contributed by atoms with Gasteiger partial charge in [0.1, 0.15) is 18.0 Å². The average molecular weight is 249 g/mol. The van der Waals surface area contributed by atoms with Crippen LogP contribution in [0.25, 0.3) is 0 Å². The van der Waals surface area contributed by atoms with Gasteiger partial charge in [-0.1, -0.05) is 6.92 Å². The third kappa shape index (κ3) is 3.57. The predicted molar refractivity (Wildman–Crippen MR) is 74.8 cm³/mol. The van der Waals surface area contributed by atoms with Crippen molar-refractivity contribution in [2.75, 3.05) is 29.9 Å². The normalized spacial score (nSPS) is 18.7. The molecule has 0 radical (unpaired) electrons. The van der Waals surface area contributed by atoms with Gasteiger partial charge in [0.25, 0.3) is 0 Å². The molecule has 1 saturated heterocycles. The van der Waals surface area contributed by atoms with Crippen molar-refractivity contribution in [2.24, 2.45) is 11.7 Å². The maximum atomic E-state index is 5.72. The first-order valence-electron chi connectivity index (χ1n) is 6.71. The van der Waals surface area contributed by atoms with E-state index in [0.717, 1.165) is 37.2 Å². The lowest BCUT2D eigenvalue weighted by Crippen LogP contribution is -2.33. The molecule has 1 atom stereocenters. The maximum Gasteiger partial charge on any atom is 0.134 e. The highest BCUT2D eigenvalue weighted by Gasteiger charge is 2.17. The lowest BCUT2D eigenvalue weighted by atomic mass is 9.99. The minimum atomic E-state index is 0.124. The van der Waals surface area contributed by atoms with Gasteiger partial charge in [0.05, 0.1) is 0 Å². The highest BCUT2D eigenvalue weighted by Crippen LogP contribution is 2.22. The topological polar surface area (TPSA) is 67.1 Å². The number of piperidine rings is 1. The summed E-state index contributed by atoms with van der Waals surface area (Å²) in [7, 11) is 0. The molecular weight excluding hydrogens is 226 g/mol. The van der Waals surface area contributed by atoms with Crippen LogP contribution < -0.4 is 16.0 Å². The molecule has 0 aliphatic carbocycles. The summed E-state index contributed by atoms with van der Waals surface area (Å²) in [6, 6.07) is 2.14. The largest absolute Gasteiger partial charge is 0.368 e. The van der Waals surface area contributed by atoms with Crippen molar-refractivity contribution >= 4 is 11.6 Å². The van der Waals surface area contributed by atoms with Gasteiger partial charge in [-0.15, -0.1) is 0 Å². The number of nitrogens with zero attached hydrogens (tertiary/aromatic N) is 3. The molecule has 0 spiro atoms. The van der Waals surface area contributed by atoms with E-state index in [0.29, 0.717) is 0 Å². The minimum Gasteiger partial charge on any atom is -0.368 e. The quantitative estimate of drug-likeness (QED) is 0.846. The van der Waals surface area contributed by atoms with E-state index in [-0.39, 0.29) is 6.04 Å². The standard InChI is InChI=1S/C13H23N5/c1-10-3-5-18(6-4-10)13-7-12(16-9-17-13)15-8-11(2)14/h7,9-11H,3-6,8,14H2,1-2H3,(H,15,16,17). The van der Waals surface area contributed by atoms with Crippen LogP contribution in [0.1, 0.15) is 26.7 Å². The van der Waals surface area contributed by atoms with Gasteiger partial charge < -0.3 is 16.0 Å². The van der Waals surface area contributed by atoms with E-state index < -0.39 is 0 Å². The Kier molecular flexibility index (Phi) is 4.36. The third-order valence-electron chi connectivity index (χ3n) is 3.37. The SMILES string of the molecule is CC(N)CNc1cc(N2CCC(C)CC2)ncn1. The molecule has 1 aliphatic heterocycles. The smallest absolute Gasteiger partial charge is 0.134 e. The van der Waals surface area contributed by atoms with E-state index in [4.69, 9.17) is 5.73 Å². The van der Waals surface area contributed by atoms with Crippen LogP contribution in [0.2, 0.25) is 0 Å². The van der Waals surface area contributed by atoms with Crippen molar-refractivity contribution in [1.82, 2.24) is 9.97 Å². The Hall–Kier alpha value is -1.36. The van der Waals surface area contributed by atoms with E-state index in [2.05, 4.69) is 27.1 Å². The van der Waals surface area contributed by atoms with E-state index in [9.17, 15) is 0 Å². The highest BCUT2D eigenvalue weighted by atomic mass is 15.2.